The molecule has 0 spiro atoms. The van der Waals surface area contributed by atoms with Gasteiger partial charge in [0, 0.05) is 23.7 Å². The Bertz CT molecular complexity index is 349. The summed E-state index contributed by atoms with van der Waals surface area (Å²) in [4.78, 5) is 6.05. The first kappa shape index (κ1) is 14.2. The van der Waals surface area contributed by atoms with E-state index in [0.717, 1.165) is 4.88 Å². The molecular weight excluding hydrogens is 251 g/mol. The minimum Gasteiger partial charge on any atom is -0.339 e. The summed E-state index contributed by atoms with van der Waals surface area (Å²) >= 11 is 1.22. The number of alkyl halides is 3. The summed E-state index contributed by atoms with van der Waals surface area (Å²) in [6.45, 7) is 2.99. The number of anilines is 1. The second kappa shape index (κ2) is 5.68. The summed E-state index contributed by atoms with van der Waals surface area (Å²) in [7, 11) is 0. The maximum absolute atomic E-state index is 12.4. The molecule has 1 heterocycles. The van der Waals surface area contributed by atoms with Crippen LogP contribution in [0.15, 0.2) is 6.20 Å². The molecule has 7 heteroatoms. The smallest absolute Gasteiger partial charge is 0.339 e. The third-order valence-corrected chi connectivity index (χ3v) is 3.35. The van der Waals surface area contributed by atoms with Crippen molar-refractivity contribution < 1.29 is 13.2 Å². The van der Waals surface area contributed by atoms with E-state index in [1.165, 1.54) is 16.2 Å². The van der Waals surface area contributed by atoms with Crippen molar-refractivity contribution in [3.8, 4) is 0 Å². The number of thiazole rings is 1. The van der Waals surface area contributed by atoms with Gasteiger partial charge in [-0.05, 0) is 13.3 Å². The Morgan fingerprint density at radius 2 is 2.18 bits per heavy atom. The average Bonchev–Trinajstić information content (AvgIpc) is 2.63. The Morgan fingerprint density at radius 1 is 1.53 bits per heavy atom. The molecule has 0 saturated carbocycles. The quantitative estimate of drug-likeness (QED) is 0.892. The van der Waals surface area contributed by atoms with Gasteiger partial charge >= 0.3 is 6.18 Å². The minimum absolute atomic E-state index is 0.199. The molecule has 0 radical (unpaired) electrons. The van der Waals surface area contributed by atoms with Crippen LogP contribution in [-0.2, 0) is 0 Å². The highest BCUT2D eigenvalue weighted by Crippen LogP contribution is 2.28. The molecular formula is C10H16F3N3S. The summed E-state index contributed by atoms with van der Waals surface area (Å²) in [5.74, 6) is 0. The molecule has 0 aromatic carbocycles. The summed E-state index contributed by atoms with van der Waals surface area (Å²) in [5, 5.41) is 0.386. The number of nitrogens with two attached hydrogens (primary N) is 1. The molecule has 0 bridgehead atoms. The lowest BCUT2D eigenvalue weighted by Gasteiger charge is -2.22. The molecule has 1 rings (SSSR count). The number of hydrogen-bond acceptors (Lipinski definition) is 4. The van der Waals surface area contributed by atoms with Crippen molar-refractivity contribution in [3.05, 3.63) is 11.1 Å². The molecule has 98 valence electrons. The fourth-order valence-electron chi connectivity index (χ4n) is 1.36. The largest absolute Gasteiger partial charge is 0.406 e. The van der Waals surface area contributed by atoms with Crippen molar-refractivity contribution in [2.24, 2.45) is 5.73 Å². The zero-order valence-electron chi connectivity index (χ0n) is 9.79. The molecule has 1 unspecified atom stereocenters. The van der Waals surface area contributed by atoms with Crippen molar-refractivity contribution in [3.63, 3.8) is 0 Å². The van der Waals surface area contributed by atoms with Crippen molar-refractivity contribution in [2.75, 3.05) is 18.0 Å². The van der Waals surface area contributed by atoms with Gasteiger partial charge in [0.15, 0.2) is 5.13 Å². The van der Waals surface area contributed by atoms with E-state index >= 15 is 0 Å². The van der Waals surface area contributed by atoms with Gasteiger partial charge in [-0.2, -0.15) is 13.2 Å². The molecule has 1 aromatic rings. The second-order valence-electron chi connectivity index (χ2n) is 3.87. The lowest BCUT2D eigenvalue weighted by molar-refractivity contribution is -0.119. The SMILES string of the molecule is CCCN(CC(F)(F)F)c1ncc(C(C)N)s1. The number of hydrogen-bond donors (Lipinski definition) is 1. The molecule has 2 N–H and O–H groups in total. The van der Waals surface area contributed by atoms with E-state index < -0.39 is 12.7 Å². The number of halogens is 3. The highest BCUT2D eigenvalue weighted by atomic mass is 32.1. The van der Waals surface area contributed by atoms with E-state index in [2.05, 4.69) is 4.98 Å². The van der Waals surface area contributed by atoms with Crippen LogP contribution in [0.25, 0.3) is 0 Å². The Kier molecular flexibility index (Phi) is 4.76. The van der Waals surface area contributed by atoms with Crippen LogP contribution >= 0.6 is 11.3 Å². The Hall–Kier alpha value is -0.820. The lowest BCUT2D eigenvalue weighted by atomic mass is 10.3. The van der Waals surface area contributed by atoms with E-state index in [4.69, 9.17) is 5.73 Å². The van der Waals surface area contributed by atoms with Crippen LogP contribution in [-0.4, -0.2) is 24.2 Å². The van der Waals surface area contributed by atoms with Gasteiger partial charge in [0.25, 0.3) is 0 Å². The third-order valence-electron chi connectivity index (χ3n) is 2.09. The van der Waals surface area contributed by atoms with Gasteiger partial charge in [0.05, 0.1) is 0 Å². The predicted octanol–water partition coefficient (Wildman–Crippen LogP) is 2.94. The van der Waals surface area contributed by atoms with Crippen LogP contribution in [0.3, 0.4) is 0 Å². The van der Waals surface area contributed by atoms with Crippen molar-refractivity contribution in [2.45, 2.75) is 32.5 Å². The number of nitrogens with zero attached hydrogens (tertiary/aromatic N) is 2. The topological polar surface area (TPSA) is 42.2 Å². The molecule has 3 nitrogen and oxygen atoms in total. The van der Waals surface area contributed by atoms with Crippen LogP contribution in [0, 0.1) is 0 Å². The minimum atomic E-state index is -4.21. The Morgan fingerprint density at radius 3 is 2.59 bits per heavy atom. The van der Waals surface area contributed by atoms with Gasteiger partial charge in [-0.25, -0.2) is 4.98 Å². The number of aromatic nitrogens is 1. The molecule has 0 amide bonds. The fourth-order valence-corrected chi connectivity index (χ4v) is 2.25. The van der Waals surface area contributed by atoms with Gasteiger partial charge in [0.2, 0.25) is 0 Å². The van der Waals surface area contributed by atoms with E-state index in [-0.39, 0.29) is 6.04 Å². The third kappa shape index (κ3) is 4.51. The zero-order chi connectivity index (χ0) is 13.1. The van der Waals surface area contributed by atoms with E-state index in [0.29, 0.717) is 18.1 Å². The van der Waals surface area contributed by atoms with Crippen LogP contribution in [0.1, 0.15) is 31.2 Å². The Balaban J connectivity index is 2.81. The van der Waals surface area contributed by atoms with Crippen LogP contribution in [0.4, 0.5) is 18.3 Å². The van der Waals surface area contributed by atoms with Gasteiger partial charge in [-0.1, -0.05) is 6.92 Å². The van der Waals surface area contributed by atoms with Gasteiger partial charge in [-0.3, -0.25) is 0 Å². The highest BCUT2D eigenvalue weighted by molar-refractivity contribution is 7.15. The summed E-state index contributed by atoms with van der Waals surface area (Å²) < 4.78 is 37.2. The van der Waals surface area contributed by atoms with Crippen molar-refractivity contribution >= 4 is 16.5 Å². The Labute approximate surface area is 102 Å². The second-order valence-corrected chi connectivity index (χ2v) is 4.91. The normalized spacial score (nSPS) is 13.8. The van der Waals surface area contributed by atoms with E-state index in [9.17, 15) is 13.2 Å². The molecule has 0 aliphatic carbocycles. The molecule has 0 fully saturated rings. The molecule has 0 saturated heterocycles. The standard InChI is InChI=1S/C10H16F3N3S/c1-3-4-16(6-10(11,12)13)9-15-5-8(17-9)7(2)14/h5,7H,3-4,6,14H2,1-2H3. The van der Waals surface area contributed by atoms with Gasteiger partial charge in [-0.15, -0.1) is 11.3 Å². The summed E-state index contributed by atoms with van der Waals surface area (Å²) in [6.07, 6.45) is -2.03. The van der Waals surface area contributed by atoms with Crippen molar-refractivity contribution in [1.82, 2.24) is 4.98 Å². The number of rotatable bonds is 5. The van der Waals surface area contributed by atoms with Crippen LogP contribution in [0.5, 0.6) is 0 Å². The first-order valence-electron chi connectivity index (χ1n) is 5.36. The highest BCUT2D eigenvalue weighted by Gasteiger charge is 2.31. The summed E-state index contributed by atoms with van der Waals surface area (Å²) in [5.41, 5.74) is 5.66. The molecule has 1 atom stereocenters. The summed E-state index contributed by atoms with van der Waals surface area (Å²) in [6, 6.07) is -0.199. The first-order chi connectivity index (χ1) is 7.83. The molecule has 17 heavy (non-hydrogen) atoms. The maximum Gasteiger partial charge on any atom is 0.406 e. The van der Waals surface area contributed by atoms with Gasteiger partial charge in [0.1, 0.15) is 6.54 Å². The van der Waals surface area contributed by atoms with Crippen LogP contribution in [0.2, 0.25) is 0 Å². The fraction of sp³-hybridized carbons (Fsp3) is 0.700. The average molecular weight is 267 g/mol. The van der Waals surface area contributed by atoms with E-state index in [1.807, 2.05) is 6.92 Å². The van der Waals surface area contributed by atoms with Gasteiger partial charge < -0.3 is 10.6 Å². The molecule has 1 aromatic heterocycles. The zero-order valence-corrected chi connectivity index (χ0v) is 10.6. The predicted molar refractivity (Wildman–Crippen MR) is 63.3 cm³/mol. The monoisotopic (exact) mass is 267 g/mol. The molecule has 0 aliphatic rings. The van der Waals surface area contributed by atoms with Crippen LogP contribution < -0.4 is 10.6 Å². The van der Waals surface area contributed by atoms with E-state index in [1.54, 1.807) is 13.1 Å². The maximum atomic E-state index is 12.4. The molecule has 0 aliphatic heterocycles. The van der Waals surface area contributed by atoms with Crippen molar-refractivity contribution in [1.29, 1.82) is 0 Å². The first-order valence-corrected chi connectivity index (χ1v) is 6.18. The lowest BCUT2D eigenvalue weighted by Crippen LogP contribution is -2.34.